The van der Waals surface area contributed by atoms with Gasteiger partial charge in [-0.25, -0.2) is 0 Å². The van der Waals surface area contributed by atoms with Gasteiger partial charge in [-0.2, -0.15) is 0 Å². The van der Waals surface area contributed by atoms with Crippen LogP contribution in [0.2, 0.25) is 0 Å². The quantitative estimate of drug-likeness (QED) is 0.841. The number of piperidine rings is 1. The first-order valence-corrected chi connectivity index (χ1v) is 6.17. The van der Waals surface area contributed by atoms with E-state index >= 15 is 0 Å². The number of likely N-dealkylation sites (tertiary alicyclic amines) is 1. The van der Waals surface area contributed by atoms with Gasteiger partial charge in [0.2, 0.25) is 5.91 Å². The molecule has 0 bridgehead atoms. The fraction of sp³-hybridized carbons (Fsp3) is 0.538. The highest BCUT2D eigenvalue weighted by atomic mass is 16.2. The lowest BCUT2D eigenvalue weighted by atomic mass is 9.97. The van der Waals surface area contributed by atoms with E-state index < -0.39 is 0 Å². The van der Waals surface area contributed by atoms with Crippen molar-refractivity contribution < 1.29 is 4.79 Å². The summed E-state index contributed by atoms with van der Waals surface area (Å²) in [4.78, 5) is 18.1. The fourth-order valence-electron chi connectivity index (χ4n) is 2.19. The third-order valence-electron chi connectivity index (χ3n) is 3.36. The second-order valence-electron chi connectivity index (χ2n) is 4.56. The Balaban J connectivity index is 1.85. The summed E-state index contributed by atoms with van der Waals surface area (Å²) in [7, 11) is 0. The van der Waals surface area contributed by atoms with Gasteiger partial charge in [-0.15, -0.1) is 0 Å². The minimum absolute atomic E-state index is 0.180. The average Bonchev–Trinajstić information content (AvgIpc) is 2.40. The van der Waals surface area contributed by atoms with Crippen molar-refractivity contribution in [3.05, 3.63) is 30.1 Å². The van der Waals surface area contributed by atoms with Crippen molar-refractivity contribution in [2.45, 2.75) is 19.3 Å². The highest BCUT2D eigenvalue weighted by Crippen LogP contribution is 2.16. The first-order valence-electron chi connectivity index (χ1n) is 6.17. The molecule has 2 heterocycles. The van der Waals surface area contributed by atoms with Gasteiger partial charge in [0.1, 0.15) is 0 Å². The Morgan fingerprint density at radius 3 is 2.76 bits per heavy atom. The fourth-order valence-corrected chi connectivity index (χ4v) is 2.19. The van der Waals surface area contributed by atoms with Crippen molar-refractivity contribution in [1.82, 2.24) is 9.88 Å². The van der Waals surface area contributed by atoms with Gasteiger partial charge >= 0.3 is 0 Å². The zero-order valence-corrected chi connectivity index (χ0v) is 10.0. The Labute approximate surface area is 102 Å². The maximum atomic E-state index is 12.0. The largest absolute Gasteiger partial charge is 0.342 e. The monoisotopic (exact) mass is 233 g/mol. The van der Waals surface area contributed by atoms with Crippen molar-refractivity contribution in [3.63, 3.8) is 0 Å². The van der Waals surface area contributed by atoms with E-state index in [0.717, 1.165) is 38.2 Å². The molecule has 0 aliphatic carbocycles. The minimum Gasteiger partial charge on any atom is -0.342 e. The normalized spacial score (nSPS) is 17.1. The van der Waals surface area contributed by atoms with Crippen LogP contribution in [0.25, 0.3) is 0 Å². The first kappa shape index (κ1) is 12.0. The standard InChI is InChI=1S/C13H19N3O/c14-10-11-4-7-16(8-5-11)13(17)9-12-3-1-2-6-15-12/h1-3,6,11H,4-5,7-10,14H2. The van der Waals surface area contributed by atoms with Crippen LogP contribution in [0, 0.1) is 5.92 Å². The third-order valence-corrected chi connectivity index (χ3v) is 3.36. The van der Waals surface area contributed by atoms with Crippen molar-refractivity contribution >= 4 is 5.91 Å². The van der Waals surface area contributed by atoms with Crippen LogP contribution in [0.1, 0.15) is 18.5 Å². The number of pyridine rings is 1. The van der Waals surface area contributed by atoms with Crippen LogP contribution < -0.4 is 5.73 Å². The molecule has 2 N–H and O–H groups in total. The highest BCUT2D eigenvalue weighted by Gasteiger charge is 2.21. The van der Waals surface area contributed by atoms with E-state index in [9.17, 15) is 4.79 Å². The zero-order chi connectivity index (χ0) is 12.1. The lowest BCUT2D eigenvalue weighted by Gasteiger charge is -2.31. The molecule has 1 amide bonds. The molecule has 1 aliphatic rings. The van der Waals surface area contributed by atoms with Gasteiger partial charge in [-0.05, 0) is 37.4 Å². The van der Waals surface area contributed by atoms with Gasteiger partial charge < -0.3 is 10.6 Å². The van der Waals surface area contributed by atoms with Gasteiger partial charge in [0.05, 0.1) is 6.42 Å². The summed E-state index contributed by atoms with van der Waals surface area (Å²) >= 11 is 0. The zero-order valence-electron chi connectivity index (χ0n) is 10.0. The summed E-state index contributed by atoms with van der Waals surface area (Å²) in [5.41, 5.74) is 6.48. The maximum Gasteiger partial charge on any atom is 0.228 e. The molecule has 4 heteroatoms. The number of nitrogens with zero attached hydrogens (tertiary/aromatic N) is 2. The van der Waals surface area contributed by atoms with Crippen molar-refractivity contribution in [3.8, 4) is 0 Å². The maximum absolute atomic E-state index is 12.0. The molecule has 2 rings (SSSR count). The minimum atomic E-state index is 0.180. The predicted molar refractivity (Wildman–Crippen MR) is 66.3 cm³/mol. The number of amides is 1. The number of hydrogen-bond donors (Lipinski definition) is 1. The van der Waals surface area contributed by atoms with Crippen LogP contribution in [-0.2, 0) is 11.2 Å². The number of carbonyl (C=O) groups excluding carboxylic acids is 1. The summed E-state index contributed by atoms with van der Waals surface area (Å²) in [6.45, 7) is 2.42. The van der Waals surface area contributed by atoms with E-state index in [2.05, 4.69) is 4.98 Å². The summed E-state index contributed by atoms with van der Waals surface area (Å²) in [6.07, 6.45) is 4.20. The summed E-state index contributed by atoms with van der Waals surface area (Å²) in [5, 5.41) is 0. The Bertz CT molecular complexity index is 358. The molecule has 1 fully saturated rings. The van der Waals surface area contributed by atoms with Gasteiger partial charge in [0, 0.05) is 25.0 Å². The van der Waals surface area contributed by atoms with Crippen LogP contribution >= 0.6 is 0 Å². The molecule has 0 saturated carbocycles. The Kier molecular flexibility index (Phi) is 4.09. The predicted octanol–water partition coefficient (Wildman–Crippen LogP) is 0.821. The molecule has 1 aromatic rings. The Morgan fingerprint density at radius 1 is 1.41 bits per heavy atom. The SMILES string of the molecule is NCC1CCN(C(=O)Cc2ccccn2)CC1. The van der Waals surface area contributed by atoms with Gasteiger partial charge in [-0.1, -0.05) is 6.07 Å². The second-order valence-corrected chi connectivity index (χ2v) is 4.56. The lowest BCUT2D eigenvalue weighted by molar-refractivity contribution is -0.131. The third kappa shape index (κ3) is 3.27. The Hall–Kier alpha value is -1.42. The number of aromatic nitrogens is 1. The van der Waals surface area contributed by atoms with E-state index in [1.165, 1.54) is 0 Å². The molecule has 0 radical (unpaired) electrons. The molecule has 1 aliphatic heterocycles. The van der Waals surface area contributed by atoms with Crippen LogP contribution in [-0.4, -0.2) is 35.4 Å². The number of nitrogens with two attached hydrogens (primary N) is 1. The van der Waals surface area contributed by atoms with Gasteiger partial charge in [0.15, 0.2) is 0 Å². The molecule has 0 unspecified atom stereocenters. The van der Waals surface area contributed by atoms with E-state index in [1.807, 2.05) is 23.1 Å². The molecule has 1 saturated heterocycles. The van der Waals surface area contributed by atoms with Crippen LogP contribution in [0.15, 0.2) is 24.4 Å². The smallest absolute Gasteiger partial charge is 0.228 e. The van der Waals surface area contributed by atoms with Crippen LogP contribution in [0.5, 0.6) is 0 Å². The van der Waals surface area contributed by atoms with Crippen molar-refractivity contribution in [1.29, 1.82) is 0 Å². The molecule has 92 valence electrons. The lowest BCUT2D eigenvalue weighted by Crippen LogP contribution is -2.40. The molecule has 17 heavy (non-hydrogen) atoms. The molecule has 4 nitrogen and oxygen atoms in total. The highest BCUT2D eigenvalue weighted by molar-refractivity contribution is 5.78. The average molecular weight is 233 g/mol. The van der Waals surface area contributed by atoms with Crippen molar-refractivity contribution in [2.75, 3.05) is 19.6 Å². The molecule has 0 aromatic carbocycles. The molecule has 1 aromatic heterocycles. The van der Waals surface area contributed by atoms with Gasteiger partial charge in [0.25, 0.3) is 0 Å². The molecular formula is C13H19N3O. The van der Waals surface area contributed by atoms with E-state index in [0.29, 0.717) is 12.3 Å². The topological polar surface area (TPSA) is 59.2 Å². The molecular weight excluding hydrogens is 214 g/mol. The number of rotatable bonds is 3. The Morgan fingerprint density at radius 2 is 2.18 bits per heavy atom. The van der Waals surface area contributed by atoms with Crippen molar-refractivity contribution in [2.24, 2.45) is 11.7 Å². The van der Waals surface area contributed by atoms with Crippen LogP contribution in [0.4, 0.5) is 0 Å². The van der Waals surface area contributed by atoms with E-state index in [-0.39, 0.29) is 5.91 Å². The summed E-state index contributed by atoms with van der Waals surface area (Å²) in [6, 6.07) is 5.67. The van der Waals surface area contributed by atoms with E-state index in [1.54, 1.807) is 6.20 Å². The molecule has 0 atom stereocenters. The molecule has 0 spiro atoms. The summed E-state index contributed by atoms with van der Waals surface area (Å²) in [5.74, 6) is 0.771. The number of hydrogen-bond acceptors (Lipinski definition) is 3. The van der Waals surface area contributed by atoms with E-state index in [4.69, 9.17) is 5.73 Å². The van der Waals surface area contributed by atoms with Crippen LogP contribution in [0.3, 0.4) is 0 Å². The first-order chi connectivity index (χ1) is 8.29. The van der Waals surface area contributed by atoms with Gasteiger partial charge in [-0.3, -0.25) is 9.78 Å². The number of carbonyl (C=O) groups is 1. The summed E-state index contributed by atoms with van der Waals surface area (Å²) < 4.78 is 0. The second kappa shape index (κ2) is 5.77.